The Bertz CT molecular complexity index is 627. The number of hydrogen-bond donors (Lipinski definition) is 2. The molecule has 5 nitrogen and oxygen atoms in total. The van der Waals surface area contributed by atoms with E-state index in [1.54, 1.807) is 11.8 Å². The lowest BCUT2D eigenvalue weighted by atomic mass is 10.3. The number of oxime groups is 1. The molecule has 7 heteroatoms. The van der Waals surface area contributed by atoms with Crippen LogP contribution in [0.2, 0.25) is 0 Å². The first-order valence-corrected chi connectivity index (χ1v) is 8.22. The van der Waals surface area contributed by atoms with Gasteiger partial charge in [-0.2, -0.15) is 0 Å². The highest BCUT2D eigenvalue weighted by Crippen LogP contribution is 2.18. The van der Waals surface area contributed by atoms with Gasteiger partial charge in [-0.15, -0.1) is 23.1 Å². The second-order valence-electron chi connectivity index (χ2n) is 4.01. The summed E-state index contributed by atoms with van der Waals surface area (Å²) in [5, 5.41) is 8.35. The molecule has 3 N–H and O–H groups in total. The molecule has 0 unspecified atom stereocenters. The molecular formula is C14H15N3O2S2. The topological polar surface area (TPSA) is 76.7 Å². The maximum Gasteiger partial charge on any atom is 0.265 e. The molecule has 1 amide bonds. The van der Waals surface area contributed by atoms with Crippen LogP contribution in [0.5, 0.6) is 0 Å². The molecule has 21 heavy (non-hydrogen) atoms. The number of nitrogens with one attached hydrogen (secondary N) is 1. The van der Waals surface area contributed by atoms with Crippen molar-refractivity contribution in [2.45, 2.75) is 4.90 Å². The van der Waals surface area contributed by atoms with Crippen molar-refractivity contribution in [2.24, 2.45) is 10.9 Å². The quantitative estimate of drug-likeness (QED) is 0.371. The number of amidine groups is 1. The minimum absolute atomic E-state index is 0.185. The lowest BCUT2D eigenvalue weighted by Gasteiger charge is -2.06. The van der Waals surface area contributed by atoms with Gasteiger partial charge in [0.2, 0.25) is 0 Å². The maximum atomic E-state index is 11.7. The molecule has 0 aliphatic carbocycles. The Hall–Kier alpha value is -1.99. The Labute approximate surface area is 131 Å². The smallest absolute Gasteiger partial charge is 0.265 e. The van der Waals surface area contributed by atoms with E-state index in [1.807, 2.05) is 48.0 Å². The van der Waals surface area contributed by atoms with Crippen LogP contribution in [0, 0.1) is 0 Å². The Morgan fingerprint density at radius 3 is 3.00 bits per heavy atom. The van der Waals surface area contributed by atoms with Crippen LogP contribution in [0.15, 0.2) is 51.8 Å². The molecule has 2 aromatic rings. The predicted octanol–water partition coefficient (Wildman–Crippen LogP) is 2.75. The molecule has 0 spiro atoms. The van der Waals surface area contributed by atoms with Crippen molar-refractivity contribution in [2.75, 3.05) is 18.2 Å². The van der Waals surface area contributed by atoms with Crippen molar-refractivity contribution in [3.8, 4) is 0 Å². The van der Waals surface area contributed by atoms with E-state index in [4.69, 9.17) is 10.6 Å². The van der Waals surface area contributed by atoms with Gasteiger partial charge in [0.25, 0.3) is 5.91 Å². The number of thioether (sulfide) groups is 1. The van der Waals surface area contributed by atoms with E-state index in [9.17, 15) is 4.79 Å². The lowest BCUT2D eigenvalue weighted by Crippen LogP contribution is -2.19. The molecule has 1 heterocycles. The first-order chi connectivity index (χ1) is 10.2. The summed E-state index contributed by atoms with van der Waals surface area (Å²) in [6.07, 6.45) is 1.98. The van der Waals surface area contributed by atoms with Crippen molar-refractivity contribution < 1.29 is 9.63 Å². The molecule has 0 saturated heterocycles. The number of rotatable bonds is 6. The summed E-state index contributed by atoms with van der Waals surface area (Å²) in [5.74, 6) is -0.0156. The largest absolute Gasteiger partial charge is 0.384 e. The van der Waals surface area contributed by atoms with Crippen LogP contribution in [0.25, 0.3) is 0 Å². The Morgan fingerprint density at radius 1 is 1.43 bits per heavy atom. The van der Waals surface area contributed by atoms with Gasteiger partial charge in [-0.25, -0.2) is 0 Å². The van der Waals surface area contributed by atoms with Gasteiger partial charge in [-0.3, -0.25) is 4.79 Å². The molecule has 2 rings (SSSR count). The van der Waals surface area contributed by atoms with Crippen molar-refractivity contribution in [3.63, 3.8) is 0 Å². The summed E-state index contributed by atoms with van der Waals surface area (Å²) in [6.45, 7) is -0.185. The van der Waals surface area contributed by atoms with E-state index in [-0.39, 0.29) is 18.3 Å². The van der Waals surface area contributed by atoms with Crippen LogP contribution in [0.3, 0.4) is 0 Å². The fourth-order valence-electron chi connectivity index (χ4n) is 1.53. The van der Waals surface area contributed by atoms with Crippen molar-refractivity contribution >= 4 is 40.5 Å². The summed E-state index contributed by atoms with van der Waals surface area (Å²) in [4.78, 5) is 18.6. The standard InChI is InChI=1S/C14H15N3O2S2/c1-20-11-5-2-4-10(8-11)16-13(18)9-19-17-14(15)12-6-3-7-21-12/h2-8H,9H2,1H3,(H2,15,17)(H,16,18). The highest BCUT2D eigenvalue weighted by atomic mass is 32.2. The van der Waals surface area contributed by atoms with Gasteiger partial charge in [0.15, 0.2) is 12.4 Å². The SMILES string of the molecule is CSc1cccc(NC(=O)CO/N=C(/N)c2cccs2)c1. The molecule has 1 aromatic carbocycles. The molecular weight excluding hydrogens is 306 g/mol. The van der Waals surface area contributed by atoms with Crippen LogP contribution in [0.1, 0.15) is 4.88 Å². The number of carbonyl (C=O) groups excluding carboxylic acids is 1. The highest BCUT2D eigenvalue weighted by molar-refractivity contribution is 7.98. The molecule has 0 atom stereocenters. The van der Waals surface area contributed by atoms with Gasteiger partial charge in [0, 0.05) is 10.6 Å². The minimum atomic E-state index is -0.281. The normalized spacial score (nSPS) is 11.2. The number of nitrogens with zero attached hydrogens (tertiary/aromatic N) is 1. The first-order valence-electron chi connectivity index (χ1n) is 6.12. The van der Waals surface area contributed by atoms with Gasteiger partial charge >= 0.3 is 0 Å². The van der Waals surface area contributed by atoms with E-state index in [1.165, 1.54) is 11.3 Å². The molecule has 0 bridgehead atoms. The molecule has 0 aliphatic rings. The third-order valence-corrected chi connectivity index (χ3v) is 4.10. The van der Waals surface area contributed by atoms with Crippen molar-refractivity contribution in [1.29, 1.82) is 0 Å². The van der Waals surface area contributed by atoms with Gasteiger partial charge in [-0.1, -0.05) is 17.3 Å². The summed E-state index contributed by atoms with van der Waals surface area (Å²) < 4.78 is 0. The van der Waals surface area contributed by atoms with Gasteiger partial charge in [-0.05, 0) is 35.9 Å². The van der Waals surface area contributed by atoms with E-state index in [2.05, 4.69) is 10.5 Å². The average molecular weight is 321 g/mol. The number of thiophene rings is 1. The van der Waals surface area contributed by atoms with Crippen LogP contribution in [0.4, 0.5) is 5.69 Å². The summed E-state index contributed by atoms with van der Waals surface area (Å²) in [7, 11) is 0. The number of hydrogen-bond acceptors (Lipinski definition) is 5. The third kappa shape index (κ3) is 4.80. The third-order valence-electron chi connectivity index (χ3n) is 2.49. The molecule has 0 radical (unpaired) electrons. The van der Waals surface area contributed by atoms with Gasteiger partial charge < -0.3 is 15.9 Å². The Balaban J connectivity index is 1.83. The number of nitrogens with two attached hydrogens (primary N) is 1. The predicted molar refractivity (Wildman–Crippen MR) is 87.8 cm³/mol. The number of benzene rings is 1. The molecule has 0 aliphatic heterocycles. The van der Waals surface area contributed by atoms with Gasteiger partial charge in [0.05, 0.1) is 4.88 Å². The second-order valence-corrected chi connectivity index (χ2v) is 5.83. The van der Waals surface area contributed by atoms with Crippen molar-refractivity contribution in [1.82, 2.24) is 0 Å². The molecule has 1 aromatic heterocycles. The number of amides is 1. The minimum Gasteiger partial charge on any atom is -0.384 e. The Morgan fingerprint density at radius 2 is 2.29 bits per heavy atom. The molecule has 0 saturated carbocycles. The Kier molecular flexibility index (Phi) is 5.65. The second kappa shape index (κ2) is 7.70. The monoisotopic (exact) mass is 321 g/mol. The van der Waals surface area contributed by atoms with Crippen LogP contribution in [-0.2, 0) is 9.63 Å². The van der Waals surface area contributed by atoms with E-state index < -0.39 is 0 Å². The number of anilines is 1. The van der Waals surface area contributed by atoms with E-state index in [0.717, 1.165) is 15.5 Å². The lowest BCUT2D eigenvalue weighted by molar-refractivity contribution is -0.120. The van der Waals surface area contributed by atoms with Gasteiger partial charge in [0.1, 0.15) is 0 Å². The maximum absolute atomic E-state index is 11.7. The van der Waals surface area contributed by atoms with E-state index in [0.29, 0.717) is 0 Å². The van der Waals surface area contributed by atoms with Crippen LogP contribution >= 0.6 is 23.1 Å². The van der Waals surface area contributed by atoms with Crippen LogP contribution in [-0.4, -0.2) is 24.6 Å². The van der Waals surface area contributed by atoms with Crippen LogP contribution < -0.4 is 11.1 Å². The highest BCUT2D eigenvalue weighted by Gasteiger charge is 2.04. The fraction of sp³-hybridized carbons (Fsp3) is 0.143. The summed E-state index contributed by atoms with van der Waals surface area (Å²) in [5.41, 5.74) is 6.44. The first kappa shape index (κ1) is 15.4. The zero-order valence-electron chi connectivity index (χ0n) is 11.4. The molecule has 0 fully saturated rings. The number of carbonyl (C=O) groups is 1. The van der Waals surface area contributed by atoms with Crippen molar-refractivity contribution in [3.05, 3.63) is 46.7 Å². The fourth-order valence-corrected chi connectivity index (χ4v) is 2.61. The summed E-state index contributed by atoms with van der Waals surface area (Å²) in [6, 6.07) is 11.3. The summed E-state index contributed by atoms with van der Waals surface area (Å²) >= 11 is 3.07. The molecule has 110 valence electrons. The zero-order chi connectivity index (χ0) is 15.1. The average Bonchev–Trinajstić information content (AvgIpc) is 3.01. The zero-order valence-corrected chi connectivity index (χ0v) is 13.0. The van der Waals surface area contributed by atoms with E-state index >= 15 is 0 Å².